The minimum Gasteiger partial charge on any atom is -0.379 e. The number of hydrogen-bond acceptors (Lipinski definition) is 4. The smallest absolute Gasteiger partial charge is 0.279 e. The van der Waals surface area contributed by atoms with Gasteiger partial charge in [-0.1, -0.05) is 0 Å². The van der Waals surface area contributed by atoms with Crippen molar-refractivity contribution >= 4 is 22.6 Å². The van der Waals surface area contributed by atoms with E-state index >= 15 is 0 Å². The van der Waals surface area contributed by atoms with Gasteiger partial charge in [0, 0.05) is 25.2 Å². The summed E-state index contributed by atoms with van der Waals surface area (Å²) in [4.78, 5) is 0. The van der Waals surface area contributed by atoms with Crippen molar-refractivity contribution in [3.8, 4) is 0 Å². The highest BCUT2D eigenvalue weighted by atomic mass is 35.5. The second-order valence-electron chi connectivity index (χ2n) is 4.63. The topological polar surface area (TPSA) is 70.7 Å². The van der Waals surface area contributed by atoms with Gasteiger partial charge in [-0.3, -0.25) is 0 Å². The predicted octanol–water partition coefficient (Wildman–Crippen LogP) is -0.285. The van der Waals surface area contributed by atoms with Crippen LogP contribution in [0.25, 0.3) is 0 Å². The van der Waals surface area contributed by atoms with Crippen LogP contribution in [-0.2, 0) is 14.9 Å². The molecule has 2 aliphatic heterocycles. The van der Waals surface area contributed by atoms with E-state index in [-0.39, 0.29) is 24.5 Å². The fourth-order valence-electron chi connectivity index (χ4n) is 2.26. The highest BCUT2D eigenvalue weighted by Crippen LogP contribution is 2.11. The normalized spacial score (nSPS) is 30.7. The van der Waals surface area contributed by atoms with Gasteiger partial charge in [0.1, 0.15) is 0 Å². The molecule has 0 radical (unpaired) electrons. The molecule has 0 aliphatic carbocycles. The quantitative estimate of drug-likeness (QED) is 0.752. The van der Waals surface area contributed by atoms with Gasteiger partial charge in [-0.25, -0.2) is 0 Å². The summed E-state index contributed by atoms with van der Waals surface area (Å²) in [6.07, 6.45) is 1.92. The number of piperidine rings is 1. The molecular formula is C10H22ClN3O3S. The minimum atomic E-state index is -3.35. The van der Waals surface area contributed by atoms with Gasteiger partial charge in [-0.05, 0) is 26.3 Å². The van der Waals surface area contributed by atoms with Crippen LogP contribution in [0.15, 0.2) is 0 Å². The first-order chi connectivity index (χ1) is 8.09. The molecule has 2 N–H and O–H groups in total. The first-order valence-corrected chi connectivity index (χ1v) is 7.62. The van der Waals surface area contributed by atoms with Gasteiger partial charge in [0.05, 0.1) is 13.2 Å². The van der Waals surface area contributed by atoms with Crippen LogP contribution in [0, 0.1) is 0 Å². The summed E-state index contributed by atoms with van der Waals surface area (Å²) in [6.45, 7) is 4.86. The van der Waals surface area contributed by atoms with Crippen LogP contribution in [0.2, 0.25) is 0 Å². The summed E-state index contributed by atoms with van der Waals surface area (Å²) in [7, 11) is -3.35. The maximum atomic E-state index is 12.1. The van der Waals surface area contributed by atoms with Gasteiger partial charge in [0.15, 0.2) is 0 Å². The van der Waals surface area contributed by atoms with E-state index in [4.69, 9.17) is 4.74 Å². The van der Waals surface area contributed by atoms with Crippen LogP contribution in [-0.4, -0.2) is 57.7 Å². The number of morpholine rings is 1. The van der Waals surface area contributed by atoms with Crippen molar-refractivity contribution in [2.75, 3.05) is 32.8 Å². The Hall–Kier alpha value is 0.0800. The summed E-state index contributed by atoms with van der Waals surface area (Å²) < 4.78 is 33.7. The molecule has 8 heteroatoms. The van der Waals surface area contributed by atoms with E-state index in [0.717, 1.165) is 19.4 Å². The molecule has 2 aliphatic rings. The first-order valence-electron chi connectivity index (χ1n) is 6.18. The van der Waals surface area contributed by atoms with Gasteiger partial charge in [0.2, 0.25) is 0 Å². The van der Waals surface area contributed by atoms with Crippen LogP contribution >= 0.6 is 12.4 Å². The van der Waals surface area contributed by atoms with Gasteiger partial charge >= 0.3 is 0 Å². The zero-order chi connectivity index (χ0) is 12.3. The first kappa shape index (κ1) is 16.1. The fraction of sp³-hybridized carbons (Fsp3) is 1.00. The molecular weight excluding hydrogens is 278 g/mol. The van der Waals surface area contributed by atoms with Crippen molar-refractivity contribution in [2.45, 2.75) is 31.8 Å². The van der Waals surface area contributed by atoms with Gasteiger partial charge in [0.25, 0.3) is 10.2 Å². The molecule has 6 nitrogen and oxygen atoms in total. The number of hydrogen-bond donors (Lipinski definition) is 2. The molecule has 2 fully saturated rings. The second kappa shape index (κ2) is 7.02. The maximum Gasteiger partial charge on any atom is 0.279 e. The second-order valence-corrected chi connectivity index (χ2v) is 6.33. The van der Waals surface area contributed by atoms with Crippen molar-refractivity contribution in [1.29, 1.82) is 0 Å². The Labute approximate surface area is 115 Å². The maximum absolute atomic E-state index is 12.1. The third kappa shape index (κ3) is 4.04. The monoisotopic (exact) mass is 299 g/mol. The van der Waals surface area contributed by atoms with Crippen molar-refractivity contribution in [3.05, 3.63) is 0 Å². The summed E-state index contributed by atoms with van der Waals surface area (Å²) in [5.74, 6) is 0. The number of nitrogens with one attached hydrogen (secondary N) is 2. The Morgan fingerprint density at radius 2 is 2.00 bits per heavy atom. The van der Waals surface area contributed by atoms with Crippen LogP contribution in [0.4, 0.5) is 0 Å². The number of nitrogens with zero attached hydrogens (tertiary/aromatic N) is 1. The highest BCUT2D eigenvalue weighted by molar-refractivity contribution is 7.87. The molecule has 0 aromatic carbocycles. The minimum absolute atomic E-state index is 0. The lowest BCUT2D eigenvalue weighted by Gasteiger charge is -2.33. The van der Waals surface area contributed by atoms with Crippen LogP contribution < -0.4 is 10.0 Å². The number of ether oxygens (including phenoxy) is 1. The van der Waals surface area contributed by atoms with Gasteiger partial charge in [-0.2, -0.15) is 17.4 Å². The van der Waals surface area contributed by atoms with E-state index < -0.39 is 10.2 Å². The molecule has 2 rings (SSSR count). The van der Waals surface area contributed by atoms with Crippen LogP contribution in [0.3, 0.4) is 0 Å². The van der Waals surface area contributed by atoms with Crippen LogP contribution in [0.1, 0.15) is 19.8 Å². The molecule has 108 valence electrons. The lowest BCUT2D eigenvalue weighted by Crippen LogP contribution is -2.56. The molecule has 2 unspecified atom stereocenters. The van der Waals surface area contributed by atoms with E-state index in [9.17, 15) is 8.42 Å². The Kier molecular flexibility index (Phi) is 6.29. The number of rotatable bonds is 3. The van der Waals surface area contributed by atoms with E-state index in [1.807, 2.05) is 6.92 Å². The lowest BCUT2D eigenvalue weighted by atomic mass is 10.0. The predicted molar refractivity (Wildman–Crippen MR) is 72.2 cm³/mol. The third-order valence-electron chi connectivity index (χ3n) is 3.37. The zero-order valence-corrected chi connectivity index (χ0v) is 12.2. The fourth-order valence-corrected chi connectivity index (χ4v) is 3.74. The van der Waals surface area contributed by atoms with E-state index in [2.05, 4.69) is 10.0 Å². The standard InChI is InChI=1S/C10H21N3O3S.ClH/c1-9-10(3-2-4-11-9)12-17(14,15)13-5-7-16-8-6-13;/h9-12H,2-8H2,1H3;1H. The summed E-state index contributed by atoms with van der Waals surface area (Å²) in [5.41, 5.74) is 0. The van der Waals surface area contributed by atoms with Gasteiger partial charge < -0.3 is 10.1 Å². The van der Waals surface area contributed by atoms with Crippen molar-refractivity contribution < 1.29 is 13.2 Å². The van der Waals surface area contributed by atoms with E-state index in [0.29, 0.717) is 26.3 Å². The molecule has 2 heterocycles. The summed E-state index contributed by atoms with van der Waals surface area (Å²) in [6, 6.07) is 0.191. The van der Waals surface area contributed by atoms with Crippen molar-refractivity contribution in [3.63, 3.8) is 0 Å². The Morgan fingerprint density at radius 1 is 1.33 bits per heavy atom. The van der Waals surface area contributed by atoms with E-state index in [1.165, 1.54) is 4.31 Å². The average molecular weight is 300 g/mol. The average Bonchev–Trinajstić information content (AvgIpc) is 2.33. The molecule has 2 saturated heterocycles. The van der Waals surface area contributed by atoms with E-state index in [1.54, 1.807) is 0 Å². The lowest BCUT2D eigenvalue weighted by molar-refractivity contribution is 0.0721. The molecule has 0 spiro atoms. The third-order valence-corrected chi connectivity index (χ3v) is 5.02. The summed E-state index contributed by atoms with van der Waals surface area (Å²) >= 11 is 0. The largest absolute Gasteiger partial charge is 0.379 e. The zero-order valence-electron chi connectivity index (χ0n) is 10.6. The molecule has 2 atom stereocenters. The molecule has 0 amide bonds. The molecule has 0 bridgehead atoms. The Balaban J connectivity index is 0.00000162. The SMILES string of the molecule is CC1NCCCC1NS(=O)(=O)N1CCOCC1.Cl. The Morgan fingerprint density at radius 3 is 2.61 bits per heavy atom. The Bertz CT molecular complexity index is 346. The van der Waals surface area contributed by atoms with Crippen molar-refractivity contribution in [1.82, 2.24) is 14.3 Å². The molecule has 0 aromatic heterocycles. The highest BCUT2D eigenvalue weighted by Gasteiger charge is 2.30. The van der Waals surface area contributed by atoms with Crippen molar-refractivity contribution in [2.24, 2.45) is 0 Å². The number of halogens is 1. The van der Waals surface area contributed by atoms with Crippen LogP contribution in [0.5, 0.6) is 0 Å². The molecule has 0 saturated carbocycles. The molecule has 0 aromatic rings. The molecule has 18 heavy (non-hydrogen) atoms. The summed E-state index contributed by atoms with van der Waals surface area (Å²) in [5, 5.41) is 3.29. The van der Waals surface area contributed by atoms with Gasteiger partial charge in [-0.15, -0.1) is 12.4 Å².